The molecule has 11 nitrogen and oxygen atoms in total. The lowest BCUT2D eigenvalue weighted by Gasteiger charge is -2.37. The van der Waals surface area contributed by atoms with Crippen molar-refractivity contribution in [2.24, 2.45) is 16.8 Å². The number of aliphatic imine (C=N–C) groups is 1. The van der Waals surface area contributed by atoms with E-state index in [4.69, 9.17) is 11.6 Å². The average Bonchev–Trinajstić information content (AvgIpc) is 3.28. The number of amides is 4. The zero-order valence-electron chi connectivity index (χ0n) is 20.0. The fourth-order valence-corrected chi connectivity index (χ4v) is 6.22. The van der Waals surface area contributed by atoms with Crippen LogP contribution in [0.1, 0.15) is 33.7 Å². The quantitative estimate of drug-likeness (QED) is 0.364. The Morgan fingerprint density at radius 3 is 2.67 bits per heavy atom. The largest absolute Gasteiger partial charge is 0.344 e. The third-order valence-corrected chi connectivity index (χ3v) is 8.71. The van der Waals surface area contributed by atoms with Gasteiger partial charge in [-0.25, -0.2) is 9.98 Å². The summed E-state index contributed by atoms with van der Waals surface area (Å²) in [5.74, 6) is -1.27. The average molecular weight is 534 g/mol. The second-order valence-corrected chi connectivity index (χ2v) is 11.3. The molecule has 0 bridgehead atoms. The number of thiazole rings is 1. The van der Waals surface area contributed by atoms with Gasteiger partial charge in [0.1, 0.15) is 5.82 Å². The third-order valence-electron chi connectivity index (χ3n) is 7.04. The Morgan fingerprint density at radius 1 is 1.11 bits per heavy atom. The van der Waals surface area contributed by atoms with Crippen LogP contribution in [0.3, 0.4) is 0 Å². The number of likely N-dealkylation sites (N-methyl/N-ethyl adjacent to an activating group) is 1. The molecule has 192 valence electrons. The highest BCUT2D eigenvalue weighted by Gasteiger charge is 2.48. The molecule has 13 heteroatoms. The van der Waals surface area contributed by atoms with Gasteiger partial charge in [-0.3, -0.25) is 19.2 Å². The van der Waals surface area contributed by atoms with Crippen molar-refractivity contribution >= 4 is 52.8 Å². The smallest absolute Gasteiger partial charge is 0.314 e. The Kier molecular flexibility index (Phi) is 6.84. The number of hydrogen-bond donors (Lipinski definition) is 3. The van der Waals surface area contributed by atoms with E-state index < -0.39 is 23.9 Å². The highest BCUT2D eigenvalue weighted by molar-refractivity contribution is 7.13. The highest BCUT2D eigenvalue weighted by atomic mass is 35.5. The van der Waals surface area contributed by atoms with Gasteiger partial charge >= 0.3 is 11.8 Å². The van der Waals surface area contributed by atoms with E-state index in [2.05, 4.69) is 30.8 Å². The fraction of sp³-hybridized carbons (Fsp3) is 0.565. The van der Waals surface area contributed by atoms with Gasteiger partial charge in [0.15, 0.2) is 5.01 Å². The molecule has 1 saturated heterocycles. The number of halogens is 1. The number of nitrogens with one attached hydrogen (secondary N) is 3. The van der Waals surface area contributed by atoms with Crippen LogP contribution in [0, 0.1) is 11.8 Å². The third kappa shape index (κ3) is 5.16. The zero-order chi connectivity index (χ0) is 25.6. The van der Waals surface area contributed by atoms with Crippen molar-refractivity contribution < 1.29 is 19.2 Å². The van der Waals surface area contributed by atoms with Gasteiger partial charge in [-0.15, -0.1) is 22.9 Å². The lowest BCUT2D eigenvalue weighted by atomic mass is 9.99. The number of allylic oxidation sites excluding steroid dienone is 1. The van der Waals surface area contributed by atoms with E-state index in [0.29, 0.717) is 49.8 Å². The summed E-state index contributed by atoms with van der Waals surface area (Å²) in [6, 6.07) is -0.825. The fourth-order valence-electron chi connectivity index (χ4n) is 4.80. The Morgan fingerprint density at radius 2 is 1.92 bits per heavy atom. The Labute approximate surface area is 217 Å². The number of aromatic nitrogens is 1. The zero-order valence-corrected chi connectivity index (χ0v) is 21.6. The van der Waals surface area contributed by atoms with E-state index in [1.807, 2.05) is 7.05 Å². The van der Waals surface area contributed by atoms with Gasteiger partial charge in [0.2, 0.25) is 5.91 Å². The van der Waals surface area contributed by atoms with Crippen molar-refractivity contribution in [2.45, 2.75) is 43.8 Å². The van der Waals surface area contributed by atoms with Crippen molar-refractivity contribution in [1.29, 1.82) is 0 Å². The van der Waals surface area contributed by atoms with Gasteiger partial charge in [0.05, 0.1) is 24.3 Å². The first-order valence-corrected chi connectivity index (χ1v) is 13.2. The molecule has 0 radical (unpaired) electrons. The number of carbonyl (C=O) groups is 4. The van der Waals surface area contributed by atoms with Gasteiger partial charge in [-0.2, -0.15) is 0 Å². The van der Waals surface area contributed by atoms with Gasteiger partial charge in [0, 0.05) is 54.7 Å². The molecule has 36 heavy (non-hydrogen) atoms. The predicted molar refractivity (Wildman–Crippen MR) is 134 cm³/mol. The van der Waals surface area contributed by atoms with Crippen molar-refractivity contribution in [2.75, 3.05) is 26.7 Å². The molecule has 3 aliphatic heterocycles. The summed E-state index contributed by atoms with van der Waals surface area (Å²) in [4.78, 5) is 63.3. The number of fused-ring (bicyclic) bond motifs is 2. The summed E-state index contributed by atoms with van der Waals surface area (Å²) in [6.07, 6.45) is 4.66. The Balaban J connectivity index is 1.20. The molecule has 1 saturated carbocycles. The number of hydrogen-bond acceptors (Lipinski definition) is 8. The number of nitrogens with zero attached hydrogens (tertiary/aromatic N) is 4. The lowest BCUT2D eigenvalue weighted by Crippen LogP contribution is -2.61. The van der Waals surface area contributed by atoms with Crippen LogP contribution < -0.4 is 16.0 Å². The molecule has 0 aromatic carbocycles. The maximum atomic E-state index is 13.1. The minimum Gasteiger partial charge on any atom is -0.344 e. The minimum absolute atomic E-state index is 0.000489. The van der Waals surface area contributed by atoms with E-state index in [1.54, 1.807) is 17.2 Å². The SMILES string of the molecule is CC(=O)N1CCc2nc(C(=O)N[C@@H]3CN(C)CC[C@@H]3NC(=O)C(=O)NC3=CC4C(Cl)[C@H]4C=N3)sc2C1. The molecule has 1 aliphatic carbocycles. The standard InChI is InChI=1S/C23H28ClN7O4S/c1-11(32)31-6-4-15-17(10-31)36-23(28-15)22(35)27-16-9-30(2)5-3-14(16)26-20(33)21(34)29-18-7-12-13(8-25-18)19(12)24/h7-8,12-14,16,19H,3-6,9-10H2,1-2H3,(H,26,33)(H,27,35)(H,29,34)/t12?,13-,14-,16+,19?/m0/s1. The molecule has 1 aromatic rings. The van der Waals surface area contributed by atoms with Crippen molar-refractivity contribution in [1.82, 2.24) is 30.7 Å². The molecule has 1 aromatic heterocycles. The molecular formula is C23H28ClN7O4S. The first kappa shape index (κ1) is 24.8. The summed E-state index contributed by atoms with van der Waals surface area (Å²) in [5, 5.41) is 8.62. The van der Waals surface area contributed by atoms with Gasteiger partial charge in [-0.1, -0.05) is 0 Å². The molecule has 4 heterocycles. The van der Waals surface area contributed by atoms with Crippen LogP contribution in [0.2, 0.25) is 0 Å². The summed E-state index contributed by atoms with van der Waals surface area (Å²) in [7, 11) is 1.94. The predicted octanol–water partition coefficient (Wildman–Crippen LogP) is -0.138. The van der Waals surface area contributed by atoms with Crippen LogP contribution in [-0.4, -0.2) is 88.8 Å². The molecule has 4 aliphatic rings. The van der Waals surface area contributed by atoms with Crippen LogP contribution in [-0.2, 0) is 27.3 Å². The number of piperidine rings is 1. The molecule has 4 amide bonds. The summed E-state index contributed by atoms with van der Waals surface area (Å²) < 4.78 is 0. The van der Waals surface area contributed by atoms with Crippen LogP contribution in [0.4, 0.5) is 0 Å². The maximum Gasteiger partial charge on any atom is 0.314 e. The van der Waals surface area contributed by atoms with Crippen molar-refractivity contribution in [3.63, 3.8) is 0 Å². The molecule has 5 rings (SSSR count). The van der Waals surface area contributed by atoms with E-state index in [0.717, 1.165) is 10.6 Å². The Bertz CT molecular complexity index is 1170. The highest BCUT2D eigenvalue weighted by Crippen LogP contribution is 2.46. The number of carbonyl (C=O) groups excluding carboxylic acids is 4. The topological polar surface area (TPSA) is 136 Å². The number of rotatable bonds is 4. The molecule has 0 spiro atoms. The summed E-state index contributed by atoms with van der Waals surface area (Å²) in [6.45, 7) is 3.80. The van der Waals surface area contributed by atoms with Crippen molar-refractivity contribution in [3.8, 4) is 0 Å². The summed E-state index contributed by atoms with van der Waals surface area (Å²) >= 11 is 7.41. The van der Waals surface area contributed by atoms with E-state index in [9.17, 15) is 19.2 Å². The Hall–Kier alpha value is -2.83. The summed E-state index contributed by atoms with van der Waals surface area (Å²) in [5.41, 5.74) is 0.850. The molecule has 5 atom stereocenters. The van der Waals surface area contributed by atoms with Gasteiger partial charge < -0.3 is 25.8 Å². The monoisotopic (exact) mass is 533 g/mol. The first-order chi connectivity index (χ1) is 17.2. The van der Waals surface area contributed by atoms with E-state index >= 15 is 0 Å². The molecule has 2 unspecified atom stereocenters. The second kappa shape index (κ2) is 9.91. The lowest BCUT2D eigenvalue weighted by molar-refractivity contribution is -0.139. The number of likely N-dealkylation sites (tertiary alicyclic amines) is 1. The normalized spacial score (nSPS) is 28.9. The van der Waals surface area contributed by atoms with E-state index in [1.165, 1.54) is 18.3 Å². The maximum absolute atomic E-state index is 13.1. The minimum atomic E-state index is -0.810. The van der Waals surface area contributed by atoms with Crippen LogP contribution >= 0.6 is 22.9 Å². The number of alkyl halides is 1. The molecule has 3 N–H and O–H groups in total. The van der Waals surface area contributed by atoms with Crippen LogP contribution in [0.25, 0.3) is 0 Å². The van der Waals surface area contributed by atoms with Gasteiger partial charge in [0.25, 0.3) is 5.91 Å². The van der Waals surface area contributed by atoms with Gasteiger partial charge in [-0.05, 0) is 26.1 Å². The van der Waals surface area contributed by atoms with Crippen molar-refractivity contribution in [3.05, 3.63) is 27.5 Å². The molecular weight excluding hydrogens is 506 g/mol. The van der Waals surface area contributed by atoms with E-state index in [-0.39, 0.29) is 29.0 Å². The van der Waals surface area contributed by atoms with Crippen LogP contribution in [0.15, 0.2) is 16.9 Å². The second-order valence-electron chi connectivity index (χ2n) is 9.67. The first-order valence-electron chi connectivity index (χ1n) is 11.9. The molecule has 2 fully saturated rings. The van der Waals surface area contributed by atoms with Crippen LogP contribution in [0.5, 0.6) is 0 Å².